The molecule has 1 heterocycles. The van der Waals surface area contributed by atoms with Crippen molar-refractivity contribution in [3.63, 3.8) is 0 Å². The molecule has 0 unspecified atom stereocenters. The van der Waals surface area contributed by atoms with Crippen molar-refractivity contribution in [3.05, 3.63) is 28.8 Å². The lowest BCUT2D eigenvalue weighted by molar-refractivity contribution is -0.121. The van der Waals surface area contributed by atoms with Gasteiger partial charge in [0.05, 0.1) is 16.6 Å². The summed E-state index contributed by atoms with van der Waals surface area (Å²) in [5.74, 6) is -2.14. The highest BCUT2D eigenvalue weighted by Crippen LogP contribution is 2.27. The van der Waals surface area contributed by atoms with Crippen LogP contribution in [0, 0.1) is 17.6 Å². The van der Waals surface area contributed by atoms with E-state index in [9.17, 15) is 13.6 Å². The lowest BCUT2D eigenvalue weighted by atomic mass is 10.0. The van der Waals surface area contributed by atoms with Crippen LogP contribution in [0.5, 0.6) is 0 Å². The molecule has 0 aromatic heterocycles. The molecule has 2 N–H and O–H groups in total. The summed E-state index contributed by atoms with van der Waals surface area (Å²) in [7, 11) is 0. The Labute approximate surface area is 95.8 Å². The number of hydrogen-bond acceptors (Lipinski definition) is 2. The van der Waals surface area contributed by atoms with Crippen LogP contribution in [0.3, 0.4) is 0 Å². The average Bonchev–Trinajstić information content (AvgIpc) is 2.08. The summed E-state index contributed by atoms with van der Waals surface area (Å²) in [6.45, 7) is 1.12. The van der Waals surface area contributed by atoms with Gasteiger partial charge in [0, 0.05) is 19.2 Å². The summed E-state index contributed by atoms with van der Waals surface area (Å²) in [5.41, 5.74) is -0.167. The zero-order chi connectivity index (χ0) is 11.7. The fraction of sp³-hybridized carbons (Fsp3) is 0.300. The molecule has 1 amide bonds. The summed E-state index contributed by atoms with van der Waals surface area (Å²) in [6.07, 6.45) is 0. The normalized spacial score (nSPS) is 15.7. The number of rotatable bonds is 2. The summed E-state index contributed by atoms with van der Waals surface area (Å²) in [5, 5.41) is 5.13. The number of amides is 1. The maximum atomic E-state index is 13.3. The number of nitrogens with one attached hydrogen (secondary N) is 2. The molecule has 1 saturated heterocycles. The molecule has 0 atom stereocenters. The van der Waals surface area contributed by atoms with Crippen LogP contribution in [-0.2, 0) is 4.79 Å². The Morgan fingerprint density at radius 3 is 2.62 bits per heavy atom. The molecule has 0 radical (unpaired) electrons. The fourth-order valence-corrected chi connectivity index (χ4v) is 1.60. The largest absolute Gasteiger partial charge is 0.322 e. The van der Waals surface area contributed by atoms with Crippen molar-refractivity contribution in [2.45, 2.75) is 0 Å². The molecular weight excluding hydrogens is 238 g/mol. The number of halogens is 3. The first-order chi connectivity index (χ1) is 7.58. The summed E-state index contributed by atoms with van der Waals surface area (Å²) in [4.78, 5) is 11.5. The highest BCUT2D eigenvalue weighted by atomic mass is 35.5. The van der Waals surface area contributed by atoms with Crippen LogP contribution in [-0.4, -0.2) is 19.0 Å². The van der Waals surface area contributed by atoms with Gasteiger partial charge in [0.15, 0.2) is 5.82 Å². The van der Waals surface area contributed by atoms with E-state index in [-0.39, 0.29) is 22.5 Å². The monoisotopic (exact) mass is 246 g/mol. The molecule has 1 aromatic carbocycles. The summed E-state index contributed by atoms with van der Waals surface area (Å²) < 4.78 is 26.0. The number of carbonyl (C=O) groups is 1. The molecule has 0 saturated carbocycles. The fourth-order valence-electron chi connectivity index (χ4n) is 1.36. The van der Waals surface area contributed by atoms with Crippen molar-refractivity contribution in [1.82, 2.24) is 5.32 Å². The van der Waals surface area contributed by atoms with Gasteiger partial charge >= 0.3 is 0 Å². The van der Waals surface area contributed by atoms with Crippen LogP contribution in [0.15, 0.2) is 12.1 Å². The van der Waals surface area contributed by atoms with Crippen molar-refractivity contribution in [3.8, 4) is 0 Å². The third-order valence-corrected chi connectivity index (χ3v) is 2.71. The predicted octanol–water partition coefficient (Wildman–Crippen LogP) is 1.78. The highest BCUT2D eigenvalue weighted by molar-refractivity contribution is 6.33. The first kappa shape index (κ1) is 11.3. The molecular formula is C10H9ClF2N2O. The van der Waals surface area contributed by atoms with Gasteiger partial charge in [-0.15, -0.1) is 0 Å². The van der Waals surface area contributed by atoms with E-state index in [1.807, 2.05) is 0 Å². The quantitative estimate of drug-likeness (QED) is 0.835. The molecule has 1 aliphatic rings. The van der Waals surface area contributed by atoms with Crippen LogP contribution in [0.2, 0.25) is 5.02 Å². The van der Waals surface area contributed by atoms with Gasteiger partial charge < -0.3 is 10.6 Å². The van der Waals surface area contributed by atoms with E-state index in [1.54, 1.807) is 0 Å². The zero-order valence-corrected chi connectivity index (χ0v) is 8.94. The Morgan fingerprint density at radius 2 is 2.12 bits per heavy atom. The van der Waals surface area contributed by atoms with E-state index in [4.69, 9.17) is 11.6 Å². The second-order valence-electron chi connectivity index (χ2n) is 3.59. The highest BCUT2D eigenvalue weighted by Gasteiger charge is 2.26. The van der Waals surface area contributed by atoms with Crippen molar-refractivity contribution >= 4 is 23.2 Å². The molecule has 0 aliphatic carbocycles. The SMILES string of the molecule is O=C(Nc1c(F)cc(F)cc1Cl)C1CNC1. The summed E-state index contributed by atoms with van der Waals surface area (Å²) in [6, 6.07) is 1.64. The van der Waals surface area contributed by atoms with Crippen molar-refractivity contribution in [2.75, 3.05) is 18.4 Å². The van der Waals surface area contributed by atoms with E-state index < -0.39 is 11.6 Å². The van der Waals surface area contributed by atoms with Gasteiger partial charge in [-0.1, -0.05) is 11.6 Å². The smallest absolute Gasteiger partial charge is 0.230 e. The van der Waals surface area contributed by atoms with Crippen molar-refractivity contribution in [1.29, 1.82) is 0 Å². The van der Waals surface area contributed by atoms with Gasteiger partial charge in [-0.05, 0) is 6.07 Å². The molecule has 1 aliphatic heterocycles. The van der Waals surface area contributed by atoms with E-state index in [0.717, 1.165) is 6.07 Å². The maximum Gasteiger partial charge on any atom is 0.230 e. The molecule has 6 heteroatoms. The van der Waals surface area contributed by atoms with E-state index in [0.29, 0.717) is 19.2 Å². The van der Waals surface area contributed by atoms with Crippen LogP contribution in [0.25, 0.3) is 0 Å². The minimum Gasteiger partial charge on any atom is -0.322 e. The second-order valence-corrected chi connectivity index (χ2v) is 4.00. The number of carbonyl (C=O) groups excluding carboxylic acids is 1. The molecule has 1 aromatic rings. The Bertz CT molecular complexity index is 412. The van der Waals surface area contributed by atoms with Gasteiger partial charge in [-0.3, -0.25) is 4.79 Å². The number of benzene rings is 1. The standard InChI is InChI=1S/C10H9ClF2N2O/c11-7-1-6(12)2-8(13)9(7)15-10(16)5-3-14-4-5/h1-2,5,14H,3-4H2,(H,15,16). The molecule has 86 valence electrons. The van der Waals surface area contributed by atoms with Crippen LogP contribution in [0.4, 0.5) is 14.5 Å². The van der Waals surface area contributed by atoms with E-state index in [2.05, 4.69) is 10.6 Å². The molecule has 1 fully saturated rings. The van der Waals surface area contributed by atoms with Crippen LogP contribution < -0.4 is 10.6 Å². The minimum absolute atomic E-state index is 0.141. The van der Waals surface area contributed by atoms with E-state index >= 15 is 0 Å². The second kappa shape index (κ2) is 4.35. The van der Waals surface area contributed by atoms with Crippen LogP contribution >= 0.6 is 11.6 Å². The average molecular weight is 247 g/mol. The molecule has 3 nitrogen and oxygen atoms in total. The third-order valence-electron chi connectivity index (χ3n) is 2.41. The maximum absolute atomic E-state index is 13.3. The summed E-state index contributed by atoms with van der Waals surface area (Å²) >= 11 is 5.63. The topological polar surface area (TPSA) is 41.1 Å². The van der Waals surface area contributed by atoms with Crippen molar-refractivity contribution in [2.24, 2.45) is 5.92 Å². The Balaban J connectivity index is 2.17. The molecule has 2 rings (SSSR count). The predicted molar refractivity (Wildman–Crippen MR) is 56.4 cm³/mol. The van der Waals surface area contributed by atoms with Gasteiger partial charge in [0.2, 0.25) is 5.91 Å². The van der Waals surface area contributed by atoms with Crippen LogP contribution in [0.1, 0.15) is 0 Å². The third kappa shape index (κ3) is 2.15. The van der Waals surface area contributed by atoms with Gasteiger partial charge in [-0.2, -0.15) is 0 Å². The van der Waals surface area contributed by atoms with E-state index in [1.165, 1.54) is 0 Å². The van der Waals surface area contributed by atoms with Crippen molar-refractivity contribution < 1.29 is 13.6 Å². The zero-order valence-electron chi connectivity index (χ0n) is 8.19. The lowest BCUT2D eigenvalue weighted by Gasteiger charge is -2.26. The minimum atomic E-state index is -0.870. The number of anilines is 1. The van der Waals surface area contributed by atoms with Gasteiger partial charge in [0.1, 0.15) is 5.82 Å². The van der Waals surface area contributed by atoms with Gasteiger partial charge in [-0.25, -0.2) is 8.78 Å². The Kier molecular flexibility index (Phi) is 3.07. The first-order valence-corrected chi connectivity index (χ1v) is 5.12. The lowest BCUT2D eigenvalue weighted by Crippen LogP contribution is -2.48. The Hall–Kier alpha value is -1.20. The molecule has 0 spiro atoms. The van der Waals surface area contributed by atoms with Gasteiger partial charge in [0.25, 0.3) is 0 Å². The molecule has 0 bridgehead atoms. The molecule has 16 heavy (non-hydrogen) atoms. The number of hydrogen-bond donors (Lipinski definition) is 2. The first-order valence-electron chi connectivity index (χ1n) is 4.74. The Morgan fingerprint density at radius 1 is 1.44 bits per heavy atom.